The molecular weight excluding hydrogens is 232 g/mol. The Morgan fingerprint density at radius 1 is 1.40 bits per heavy atom. The number of benzene rings is 1. The SMILES string of the molecule is CSc1ccccc1-c1nc(CCl)no1. The summed E-state index contributed by atoms with van der Waals surface area (Å²) in [7, 11) is 0. The molecule has 1 heterocycles. The van der Waals surface area contributed by atoms with Gasteiger partial charge in [0, 0.05) is 4.90 Å². The largest absolute Gasteiger partial charge is 0.334 e. The van der Waals surface area contributed by atoms with Gasteiger partial charge in [0.05, 0.1) is 11.4 Å². The van der Waals surface area contributed by atoms with Gasteiger partial charge in [-0.15, -0.1) is 23.4 Å². The second-order valence-corrected chi connectivity index (χ2v) is 3.97. The molecule has 0 bridgehead atoms. The molecule has 0 saturated heterocycles. The Morgan fingerprint density at radius 3 is 2.87 bits per heavy atom. The minimum atomic E-state index is 0.269. The van der Waals surface area contributed by atoms with Crippen LogP contribution in [0.3, 0.4) is 0 Å². The highest BCUT2D eigenvalue weighted by molar-refractivity contribution is 7.98. The molecule has 0 aliphatic carbocycles. The zero-order valence-corrected chi connectivity index (χ0v) is 9.68. The van der Waals surface area contributed by atoms with E-state index >= 15 is 0 Å². The first kappa shape index (κ1) is 10.5. The maximum absolute atomic E-state index is 5.61. The van der Waals surface area contributed by atoms with Gasteiger partial charge in [0.25, 0.3) is 5.89 Å². The predicted octanol–water partition coefficient (Wildman–Crippen LogP) is 3.20. The van der Waals surface area contributed by atoms with Gasteiger partial charge in [0.15, 0.2) is 5.82 Å². The molecule has 0 fully saturated rings. The Balaban J connectivity index is 2.44. The van der Waals surface area contributed by atoms with E-state index in [9.17, 15) is 0 Å². The molecular formula is C10H9ClN2OS. The monoisotopic (exact) mass is 240 g/mol. The summed E-state index contributed by atoms with van der Waals surface area (Å²) in [5, 5.41) is 3.76. The van der Waals surface area contributed by atoms with Crippen molar-refractivity contribution in [1.82, 2.24) is 10.1 Å². The molecule has 15 heavy (non-hydrogen) atoms. The zero-order chi connectivity index (χ0) is 10.7. The van der Waals surface area contributed by atoms with E-state index in [4.69, 9.17) is 16.1 Å². The third kappa shape index (κ3) is 2.16. The van der Waals surface area contributed by atoms with Crippen molar-refractivity contribution in [2.45, 2.75) is 10.8 Å². The van der Waals surface area contributed by atoms with Crippen LogP contribution in [0.25, 0.3) is 11.5 Å². The number of aromatic nitrogens is 2. The van der Waals surface area contributed by atoms with Crippen molar-refractivity contribution in [2.75, 3.05) is 6.26 Å². The number of thioether (sulfide) groups is 1. The first-order valence-corrected chi connectivity index (χ1v) is 6.13. The van der Waals surface area contributed by atoms with Gasteiger partial charge in [0.1, 0.15) is 0 Å². The van der Waals surface area contributed by atoms with E-state index < -0.39 is 0 Å². The van der Waals surface area contributed by atoms with Gasteiger partial charge < -0.3 is 4.52 Å². The summed E-state index contributed by atoms with van der Waals surface area (Å²) in [6, 6.07) is 7.90. The Kier molecular flexibility index (Phi) is 3.28. The lowest BCUT2D eigenvalue weighted by Crippen LogP contribution is -1.83. The lowest BCUT2D eigenvalue weighted by atomic mass is 10.2. The number of hydrogen-bond donors (Lipinski definition) is 0. The third-order valence-corrected chi connectivity index (χ3v) is 2.96. The highest BCUT2D eigenvalue weighted by atomic mass is 35.5. The average Bonchev–Trinajstić information content (AvgIpc) is 2.77. The Morgan fingerprint density at radius 2 is 2.20 bits per heavy atom. The summed E-state index contributed by atoms with van der Waals surface area (Å²) in [6.07, 6.45) is 2.01. The highest BCUT2D eigenvalue weighted by Gasteiger charge is 2.11. The smallest absolute Gasteiger partial charge is 0.259 e. The van der Waals surface area contributed by atoms with Gasteiger partial charge in [-0.2, -0.15) is 4.98 Å². The molecule has 0 amide bonds. The number of hydrogen-bond acceptors (Lipinski definition) is 4. The van der Waals surface area contributed by atoms with Gasteiger partial charge in [-0.25, -0.2) is 0 Å². The summed E-state index contributed by atoms with van der Waals surface area (Å²) in [5.41, 5.74) is 0.953. The first-order chi connectivity index (χ1) is 7.35. The Hall–Kier alpha value is -1.00. The van der Waals surface area contributed by atoms with E-state index in [2.05, 4.69) is 10.1 Å². The normalized spacial score (nSPS) is 10.5. The van der Waals surface area contributed by atoms with Crippen molar-refractivity contribution < 1.29 is 4.52 Å². The molecule has 2 rings (SSSR count). The van der Waals surface area contributed by atoms with Crippen molar-refractivity contribution >= 4 is 23.4 Å². The van der Waals surface area contributed by atoms with Gasteiger partial charge >= 0.3 is 0 Å². The van der Waals surface area contributed by atoms with Crippen LogP contribution in [0.1, 0.15) is 5.82 Å². The topological polar surface area (TPSA) is 38.9 Å². The lowest BCUT2D eigenvalue weighted by molar-refractivity contribution is 0.424. The maximum Gasteiger partial charge on any atom is 0.259 e. The molecule has 1 aromatic carbocycles. The van der Waals surface area contributed by atoms with Crippen molar-refractivity contribution in [1.29, 1.82) is 0 Å². The molecule has 0 N–H and O–H groups in total. The molecule has 78 valence electrons. The second kappa shape index (κ2) is 4.68. The van der Waals surface area contributed by atoms with Crippen molar-refractivity contribution in [2.24, 2.45) is 0 Å². The van der Waals surface area contributed by atoms with Gasteiger partial charge in [0.2, 0.25) is 0 Å². The molecule has 3 nitrogen and oxygen atoms in total. The van der Waals surface area contributed by atoms with Crippen LogP contribution >= 0.6 is 23.4 Å². The fourth-order valence-corrected chi connectivity index (χ4v) is 1.94. The summed E-state index contributed by atoms with van der Waals surface area (Å²) >= 11 is 7.26. The molecule has 0 aliphatic rings. The van der Waals surface area contributed by atoms with E-state index in [1.54, 1.807) is 11.8 Å². The fourth-order valence-electron chi connectivity index (χ4n) is 1.24. The van der Waals surface area contributed by atoms with Crippen molar-refractivity contribution in [3.05, 3.63) is 30.1 Å². The minimum absolute atomic E-state index is 0.269. The van der Waals surface area contributed by atoms with Crippen LogP contribution in [0.4, 0.5) is 0 Å². The summed E-state index contributed by atoms with van der Waals surface area (Å²) in [6.45, 7) is 0. The summed E-state index contributed by atoms with van der Waals surface area (Å²) < 4.78 is 5.13. The molecule has 2 aromatic rings. The summed E-state index contributed by atoms with van der Waals surface area (Å²) in [4.78, 5) is 5.30. The molecule has 0 radical (unpaired) electrons. The predicted molar refractivity (Wildman–Crippen MR) is 61.1 cm³/mol. The first-order valence-electron chi connectivity index (χ1n) is 4.37. The van der Waals surface area contributed by atoms with Crippen LogP contribution in [0.2, 0.25) is 0 Å². The number of alkyl halides is 1. The molecule has 0 atom stereocenters. The van der Waals surface area contributed by atoms with Crippen molar-refractivity contribution in [3.8, 4) is 11.5 Å². The standard InChI is InChI=1S/C10H9ClN2OS/c1-15-8-5-3-2-4-7(8)10-12-9(6-11)13-14-10/h2-5H,6H2,1H3. The van der Waals surface area contributed by atoms with Crippen molar-refractivity contribution in [3.63, 3.8) is 0 Å². The zero-order valence-electron chi connectivity index (χ0n) is 8.11. The number of halogens is 1. The third-order valence-electron chi connectivity index (χ3n) is 1.92. The van der Waals surface area contributed by atoms with E-state index in [1.165, 1.54) is 0 Å². The van der Waals surface area contributed by atoms with Crippen LogP contribution in [0.15, 0.2) is 33.7 Å². The van der Waals surface area contributed by atoms with Gasteiger partial charge in [-0.05, 0) is 18.4 Å². The molecule has 0 unspecified atom stereocenters. The number of rotatable bonds is 3. The van der Waals surface area contributed by atoms with Crippen LogP contribution in [0, 0.1) is 0 Å². The average molecular weight is 241 g/mol. The van der Waals surface area contributed by atoms with Crippen LogP contribution in [-0.4, -0.2) is 16.4 Å². The van der Waals surface area contributed by atoms with E-state index in [0.29, 0.717) is 11.7 Å². The van der Waals surface area contributed by atoms with Crippen LogP contribution < -0.4 is 0 Å². The quantitative estimate of drug-likeness (QED) is 0.610. The van der Waals surface area contributed by atoms with E-state index in [0.717, 1.165) is 10.5 Å². The fraction of sp³-hybridized carbons (Fsp3) is 0.200. The maximum atomic E-state index is 5.61. The molecule has 0 aliphatic heterocycles. The van der Waals surface area contributed by atoms with Crippen LogP contribution in [0.5, 0.6) is 0 Å². The Bertz CT molecular complexity index is 458. The Labute approximate surface area is 96.8 Å². The minimum Gasteiger partial charge on any atom is -0.334 e. The molecule has 1 aromatic heterocycles. The van der Waals surface area contributed by atoms with Crippen LogP contribution in [-0.2, 0) is 5.88 Å². The highest BCUT2D eigenvalue weighted by Crippen LogP contribution is 2.28. The molecule has 0 spiro atoms. The summed E-state index contributed by atoms with van der Waals surface area (Å²) in [5.74, 6) is 1.31. The molecule has 0 saturated carbocycles. The van der Waals surface area contributed by atoms with E-state index in [-0.39, 0.29) is 5.88 Å². The number of nitrogens with zero attached hydrogens (tertiary/aromatic N) is 2. The van der Waals surface area contributed by atoms with E-state index in [1.807, 2.05) is 30.5 Å². The molecule has 5 heteroatoms. The van der Waals surface area contributed by atoms with Gasteiger partial charge in [-0.3, -0.25) is 0 Å². The second-order valence-electron chi connectivity index (χ2n) is 2.85. The lowest BCUT2D eigenvalue weighted by Gasteiger charge is -2.00. The van der Waals surface area contributed by atoms with Gasteiger partial charge in [-0.1, -0.05) is 17.3 Å².